The molecule has 210 valence electrons. The molecule has 2 heterocycles. The van der Waals surface area contributed by atoms with Gasteiger partial charge in [-0.25, -0.2) is 14.1 Å². The van der Waals surface area contributed by atoms with E-state index in [1.807, 2.05) is 0 Å². The largest absolute Gasteiger partial charge is 0.573 e. The summed E-state index contributed by atoms with van der Waals surface area (Å²) in [5, 5.41) is 13.7. The number of ether oxygens (including phenoxy) is 1. The van der Waals surface area contributed by atoms with E-state index in [0.717, 1.165) is 12.1 Å². The van der Waals surface area contributed by atoms with Gasteiger partial charge in [-0.1, -0.05) is 12.1 Å². The van der Waals surface area contributed by atoms with E-state index in [1.54, 1.807) is 38.1 Å². The fourth-order valence-corrected chi connectivity index (χ4v) is 4.45. The highest BCUT2D eigenvalue weighted by Gasteiger charge is 2.31. The minimum Gasteiger partial charge on any atom is -0.440 e. The minimum absolute atomic E-state index is 0.0199. The molecule has 0 unspecified atom stereocenters. The van der Waals surface area contributed by atoms with Crippen molar-refractivity contribution >= 4 is 5.91 Å². The fraction of sp³-hybridized carbons (Fsp3) is 0.138. The van der Waals surface area contributed by atoms with Gasteiger partial charge < -0.3 is 20.0 Å². The molecule has 12 heteroatoms. The maximum absolute atomic E-state index is 14.7. The Bertz CT molecular complexity index is 1730. The second-order valence-corrected chi connectivity index (χ2v) is 9.14. The minimum atomic E-state index is -4.84. The number of benzene rings is 3. The number of rotatable bonds is 7. The van der Waals surface area contributed by atoms with Crippen LogP contribution in [0.15, 0.2) is 71.3 Å². The number of primary amides is 1. The Morgan fingerprint density at radius 2 is 1.73 bits per heavy atom. The number of hydrogen-bond donors (Lipinski definition) is 2. The summed E-state index contributed by atoms with van der Waals surface area (Å²) in [6.07, 6.45) is -3.31. The normalized spacial score (nSPS) is 11.6. The highest BCUT2D eigenvalue weighted by atomic mass is 19.4. The molecule has 5 aromatic rings. The van der Waals surface area contributed by atoms with Crippen molar-refractivity contribution in [3.8, 4) is 45.1 Å². The summed E-state index contributed by atoms with van der Waals surface area (Å²) in [4.78, 5) is 16.2. The first kappa shape index (κ1) is 27.6. The number of aliphatic hydroxyl groups is 1. The van der Waals surface area contributed by atoms with E-state index >= 15 is 0 Å². The molecule has 2 aromatic heterocycles. The van der Waals surface area contributed by atoms with Gasteiger partial charge in [-0.15, -0.1) is 13.2 Å². The van der Waals surface area contributed by atoms with Gasteiger partial charge in [0.2, 0.25) is 0 Å². The van der Waals surface area contributed by atoms with Gasteiger partial charge in [-0.05, 0) is 72.1 Å². The van der Waals surface area contributed by atoms with Crippen molar-refractivity contribution in [2.24, 2.45) is 5.73 Å². The van der Waals surface area contributed by atoms with Gasteiger partial charge in [0.05, 0.1) is 12.3 Å². The van der Waals surface area contributed by atoms with Crippen LogP contribution in [0.5, 0.6) is 5.75 Å². The van der Waals surface area contributed by atoms with E-state index in [9.17, 15) is 27.5 Å². The number of aliphatic hydroxyl groups excluding tert-OH is 1. The zero-order valence-electron chi connectivity index (χ0n) is 21.7. The van der Waals surface area contributed by atoms with Crippen LogP contribution in [0.3, 0.4) is 0 Å². The Hall–Kier alpha value is -4.97. The topological polar surface area (TPSA) is 116 Å². The molecule has 5 rings (SSSR count). The summed E-state index contributed by atoms with van der Waals surface area (Å²) in [6.45, 7) is 2.85. The van der Waals surface area contributed by atoms with E-state index in [1.165, 1.54) is 35.1 Å². The van der Waals surface area contributed by atoms with Crippen molar-refractivity contribution in [3.05, 3.63) is 95.4 Å². The van der Waals surface area contributed by atoms with Crippen molar-refractivity contribution in [1.82, 2.24) is 14.8 Å². The third-order valence-corrected chi connectivity index (χ3v) is 6.33. The molecule has 0 saturated carbocycles. The third kappa shape index (κ3) is 5.68. The number of alkyl halides is 3. The number of nitrogens with two attached hydrogens (primary N) is 1. The molecule has 0 bridgehead atoms. The summed E-state index contributed by atoms with van der Waals surface area (Å²) in [5.41, 5.74) is 8.92. The Balaban J connectivity index is 1.68. The summed E-state index contributed by atoms with van der Waals surface area (Å²) in [6, 6.07) is 14.8. The van der Waals surface area contributed by atoms with Crippen LogP contribution in [-0.2, 0) is 6.61 Å². The van der Waals surface area contributed by atoms with Crippen LogP contribution in [0.4, 0.5) is 17.6 Å². The number of carbonyl (C=O) groups is 1. The predicted octanol–water partition coefficient (Wildman–Crippen LogP) is 6.11. The van der Waals surface area contributed by atoms with Gasteiger partial charge in [-0.2, -0.15) is 5.10 Å². The maximum atomic E-state index is 14.7. The molecular formula is C29H22F4N4O4. The Morgan fingerprint density at radius 3 is 2.34 bits per heavy atom. The van der Waals surface area contributed by atoms with Gasteiger partial charge in [0.15, 0.2) is 11.7 Å². The first-order valence-corrected chi connectivity index (χ1v) is 12.2. The average molecular weight is 567 g/mol. The van der Waals surface area contributed by atoms with Crippen molar-refractivity contribution in [3.63, 3.8) is 0 Å². The molecule has 0 aliphatic heterocycles. The Kier molecular flexibility index (Phi) is 7.09. The van der Waals surface area contributed by atoms with Crippen molar-refractivity contribution in [2.45, 2.75) is 26.8 Å². The van der Waals surface area contributed by atoms with Crippen molar-refractivity contribution < 1.29 is 36.6 Å². The van der Waals surface area contributed by atoms with E-state index in [-0.39, 0.29) is 22.9 Å². The van der Waals surface area contributed by atoms with Crippen LogP contribution in [0.25, 0.3) is 39.4 Å². The molecule has 0 atom stereocenters. The van der Waals surface area contributed by atoms with E-state index in [0.29, 0.717) is 39.2 Å². The van der Waals surface area contributed by atoms with Gasteiger partial charge in [0.25, 0.3) is 5.91 Å². The summed E-state index contributed by atoms with van der Waals surface area (Å²) in [5.74, 6) is -1.17. The van der Waals surface area contributed by atoms with Crippen LogP contribution in [0.1, 0.15) is 27.5 Å². The lowest BCUT2D eigenvalue weighted by molar-refractivity contribution is -0.274. The Morgan fingerprint density at radius 1 is 1.02 bits per heavy atom. The van der Waals surface area contributed by atoms with Gasteiger partial charge >= 0.3 is 6.36 Å². The number of oxazole rings is 1. The molecule has 1 amide bonds. The second-order valence-electron chi connectivity index (χ2n) is 9.14. The summed E-state index contributed by atoms with van der Waals surface area (Å²) in [7, 11) is 0. The molecule has 41 heavy (non-hydrogen) atoms. The molecule has 0 spiro atoms. The molecule has 0 aliphatic rings. The molecule has 0 radical (unpaired) electrons. The molecule has 3 aromatic carbocycles. The second kappa shape index (κ2) is 10.5. The number of carbonyl (C=O) groups excluding carboxylic acids is 1. The number of hydrogen-bond acceptors (Lipinski definition) is 6. The molecule has 0 saturated heterocycles. The van der Waals surface area contributed by atoms with Gasteiger partial charge in [-0.3, -0.25) is 4.79 Å². The van der Waals surface area contributed by atoms with Crippen LogP contribution >= 0.6 is 0 Å². The Labute approximate surface area is 230 Å². The lowest BCUT2D eigenvalue weighted by atomic mass is 9.96. The molecule has 3 N–H and O–H groups in total. The van der Waals surface area contributed by atoms with Crippen molar-refractivity contribution in [1.29, 1.82) is 0 Å². The quantitative estimate of drug-likeness (QED) is 0.230. The van der Waals surface area contributed by atoms with Crippen molar-refractivity contribution in [2.75, 3.05) is 0 Å². The average Bonchev–Trinajstić information content (AvgIpc) is 3.55. The standard InChI is InChI=1S/C29H22F4N4O4/c1-15-11-19(13-23(30)22(15)14-38)18-5-8-25(37-10-9-24(36-37)28(34)39)21(12-18)27-26(35-16(2)40-27)17-3-6-20(7-4-17)41-29(31,32)33/h3-13,38H,14H2,1-2H3,(H2,34,39). The van der Waals surface area contributed by atoms with Crippen LogP contribution < -0.4 is 10.5 Å². The summed E-state index contributed by atoms with van der Waals surface area (Å²) < 4.78 is 64.1. The van der Waals surface area contributed by atoms with Gasteiger partial charge in [0.1, 0.15) is 23.0 Å². The number of nitrogens with zero attached hydrogens (tertiary/aromatic N) is 3. The van der Waals surface area contributed by atoms with Crippen LogP contribution in [-0.4, -0.2) is 32.1 Å². The summed E-state index contributed by atoms with van der Waals surface area (Å²) >= 11 is 0. The van der Waals surface area contributed by atoms with E-state index < -0.39 is 30.4 Å². The SMILES string of the molecule is Cc1nc(-c2ccc(OC(F)(F)F)cc2)c(-c2cc(-c3cc(C)c(CO)c(F)c3)ccc2-n2ccc(C(N)=O)n2)o1. The smallest absolute Gasteiger partial charge is 0.440 e. The predicted molar refractivity (Wildman–Crippen MR) is 140 cm³/mol. The monoisotopic (exact) mass is 566 g/mol. The highest BCUT2D eigenvalue weighted by Crippen LogP contribution is 2.39. The van der Waals surface area contributed by atoms with E-state index in [2.05, 4.69) is 14.8 Å². The maximum Gasteiger partial charge on any atom is 0.573 e. The van der Waals surface area contributed by atoms with Gasteiger partial charge in [0, 0.05) is 29.8 Å². The molecule has 0 aliphatic carbocycles. The zero-order valence-corrected chi connectivity index (χ0v) is 21.7. The third-order valence-electron chi connectivity index (χ3n) is 6.33. The van der Waals surface area contributed by atoms with Crippen LogP contribution in [0, 0.1) is 19.7 Å². The lowest BCUT2D eigenvalue weighted by Gasteiger charge is -2.14. The first-order valence-electron chi connectivity index (χ1n) is 12.2. The number of aryl methyl sites for hydroxylation is 2. The van der Waals surface area contributed by atoms with E-state index in [4.69, 9.17) is 10.2 Å². The number of aromatic nitrogens is 3. The molecular weight excluding hydrogens is 544 g/mol. The fourth-order valence-electron chi connectivity index (χ4n) is 4.45. The zero-order chi connectivity index (χ0) is 29.5. The molecule has 8 nitrogen and oxygen atoms in total. The lowest BCUT2D eigenvalue weighted by Crippen LogP contribution is -2.16. The highest BCUT2D eigenvalue weighted by molar-refractivity contribution is 5.91. The number of amides is 1. The number of halogens is 4. The van der Waals surface area contributed by atoms with Crippen LogP contribution in [0.2, 0.25) is 0 Å². The molecule has 0 fully saturated rings. The first-order chi connectivity index (χ1) is 19.4.